The summed E-state index contributed by atoms with van der Waals surface area (Å²) in [6.07, 6.45) is 0. The van der Waals surface area contributed by atoms with Gasteiger partial charge in [-0.2, -0.15) is 0 Å². The van der Waals surface area contributed by atoms with Crippen molar-refractivity contribution in [1.29, 1.82) is 0 Å². The molecule has 0 spiro atoms. The van der Waals surface area contributed by atoms with E-state index in [2.05, 4.69) is 15.8 Å². The Morgan fingerprint density at radius 3 is 2.95 bits per heavy atom. The van der Waals surface area contributed by atoms with Crippen molar-refractivity contribution in [3.8, 4) is 5.75 Å². The number of aromatic nitrogens is 1. The fraction of sp³-hybridized carbons (Fsp3) is 0.286. The number of ether oxygens (including phenoxy) is 1. The quantitative estimate of drug-likeness (QED) is 0.857. The molecule has 0 unspecified atom stereocenters. The molecule has 1 aromatic heterocycles. The van der Waals surface area contributed by atoms with Crippen molar-refractivity contribution in [3.63, 3.8) is 0 Å². The minimum atomic E-state index is -0.256. The van der Waals surface area contributed by atoms with Gasteiger partial charge in [-0.3, -0.25) is 10.1 Å². The first-order valence-electron chi connectivity index (χ1n) is 6.48. The molecule has 0 radical (unpaired) electrons. The summed E-state index contributed by atoms with van der Waals surface area (Å²) in [4.78, 5) is 11.8. The van der Waals surface area contributed by atoms with Crippen LogP contribution in [-0.2, 0) is 4.79 Å². The van der Waals surface area contributed by atoms with E-state index < -0.39 is 0 Å². The van der Waals surface area contributed by atoms with Gasteiger partial charge in [0.05, 0.1) is 29.6 Å². The van der Waals surface area contributed by atoms with E-state index in [9.17, 15) is 4.79 Å². The number of halogens is 1. The highest BCUT2D eigenvalue weighted by molar-refractivity contribution is 6.32. The summed E-state index contributed by atoms with van der Waals surface area (Å²) in [6.45, 7) is 4.19. The van der Waals surface area contributed by atoms with Gasteiger partial charge in [0.2, 0.25) is 11.8 Å². The number of rotatable bonds is 6. The Hall–Kier alpha value is -2.21. The Bertz CT molecular complexity index is 628. The molecule has 0 saturated heterocycles. The van der Waals surface area contributed by atoms with E-state index >= 15 is 0 Å². The van der Waals surface area contributed by atoms with Crippen LogP contribution in [0.4, 0.5) is 11.6 Å². The van der Waals surface area contributed by atoms with Crippen LogP contribution in [0.5, 0.6) is 5.75 Å². The summed E-state index contributed by atoms with van der Waals surface area (Å²) >= 11 is 6.07. The molecule has 0 aliphatic rings. The van der Waals surface area contributed by atoms with E-state index in [0.717, 1.165) is 0 Å². The molecule has 2 rings (SSSR count). The van der Waals surface area contributed by atoms with Crippen LogP contribution in [0.2, 0.25) is 5.02 Å². The van der Waals surface area contributed by atoms with Crippen molar-refractivity contribution in [3.05, 3.63) is 35.0 Å². The molecular formula is C14H16ClN3O3. The van der Waals surface area contributed by atoms with Crippen LogP contribution in [0, 0.1) is 6.92 Å². The maximum absolute atomic E-state index is 11.8. The Kier molecular flexibility index (Phi) is 5.05. The molecule has 2 aromatic rings. The molecule has 1 amide bonds. The highest BCUT2D eigenvalue weighted by Crippen LogP contribution is 2.32. The van der Waals surface area contributed by atoms with Crippen molar-refractivity contribution in [1.82, 2.24) is 5.16 Å². The molecule has 21 heavy (non-hydrogen) atoms. The smallest absolute Gasteiger partial charge is 0.246 e. The van der Waals surface area contributed by atoms with Crippen LogP contribution in [0.15, 0.2) is 28.8 Å². The third-order valence-corrected chi connectivity index (χ3v) is 2.88. The lowest BCUT2D eigenvalue weighted by atomic mass is 10.3. The fourth-order valence-corrected chi connectivity index (χ4v) is 1.95. The Morgan fingerprint density at radius 2 is 2.29 bits per heavy atom. The zero-order valence-corrected chi connectivity index (χ0v) is 12.5. The number of hydrogen-bond donors (Lipinski definition) is 2. The van der Waals surface area contributed by atoms with Crippen LogP contribution in [0.3, 0.4) is 0 Å². The second-order valence-electron chi connectivity index (χ2n) is 4.28. The van der Waals surface area contributed by atoms with Crippen molar-refractivity contribution >= 4 is 29.1 Å². The van der Waals surface area contributed by atoms with Gasteiger partial charge < -0.3 is 14.6 Å². The van der Waals surface area contributed by atoms with E-state index in [1.807, 2.05) is 6.92 Å². The summed E-state index contributed by atoms with van der Waals surface area (Å²) in [5.41, 5.74) is 1.36. The van der Waals surface area contributed by atoms with Crippen molar-refractivity contribution < 1.29 is 14.1 Å². The highest BCUT2D eigenvalue weighted by atomic mass is 35.5. The SMILES string of the molecule is CCOc1c(Cl)cccc1NCC(=O)Nc1cc(C)no1. The number of anilines is 2. The average molecular weight is 310 g/mol. The lowest BCUT2D eigenvalue weighted by Gasteiger charge is -2.13. The normalized spacial score (nSPS) is 10.2. The molecule has 0 aliphatic carbocycles. The minimum absolute atomic E-state index is 0.0557. The van der Waals surface area contributed by atoms with Gasteiger partial charge in [-0.1, -0.05) is 22.8 Å². The van der Waals surface area contributed by atoms with E-state index in [0.29, 0.717) is 34.6 Å². The predicted molar refractivity (Wildman–Crippen MR) is 81.0 cm³/mol. The van der Waals surface area contributed by atoms with Gasteiger partial charge in [-0.25, -0.2) is 0 Å². The van der Waals surface area contributed by atoms with Crippen molar-refractivity contribution in [2.75, 3.05) is 23.8 Å². The third-order valence-electron chi connectivity index (χ3n) is 2.59. The first-order valence-corrected chi connectivity index (χ1v) is 6.86. The summed E-state index contributed by atoms with van der Waals surface area (Å²) in [5, 5.41) is 9.76. The first kappa shape index (κ1) is 15.2. The first-order chi connectivity index (χ1) is 10.1. The number of carbonyl (C=O) groups excluding carboxylic acids is 1. The molecule has 112 valence electrons. The summed E-state index contributed by atoms with van der Waals surface area (Å²) in [7, 11) is 0. The molecule has 0 aliphatic heterocycles. The maximum Gasteiger partial charge on any atom is 0.246 e. The van der Waals surface area contributed by atoms with Crippen LogP contribution in [0.25, 0.3) is 0 Å². The fourth-order valence-electron chi connectivity index (χ4n) is 1.72. The van der Waals surface area contributed by atoms with Crippen LogP contribution < -0.4 is 15.4 Å². The van der Waals surface area contributed by atoms with Gasteiger partial charge in [0, 0.05) is 6.07 Å². The Balaban J connectivity index is 1.96. The summed E-state index contributed by atoms with van der Waals surface area (Å²) < 4.78 is 10.4. The van der Waals surface area contributed by atoms with Crippen LogP contribution >= 0.6 is 11.6 Å². The van der Waals surface area contributed by atoms with Gasteiger partial charge in [-0.05, 0) is 26.0 Å². The lowest BCUT2D eigenvalue weighted by Crippen LogP contribution is -2.21. The Morgan fingerprint density at radius 1 is 1.48 bits per heavy atom. The monoisotopic (exact) mass is 309 g/mol. The number of nitrogens with one attached hydrogen (secondary N) is 2. The third kappa shape index (κ3) is 4.13. The number of benzene rings is 1. The molecule has 0 atom stereocenters. The molecule has 0 saturated carbocycles. The van der Waals surface area contributed by atoms with Gasteiger partial charge in [0.1, 0.15) is 0 Å². The Labute approximate surface area is 127 Å². The number of amides is 1. The number of carbonyl (C=O) groups is 1. The van der Waals surface area contributed by atoms with Crippen molar-refractivity contribution in [2.24, 2.45) is 0 Å². The largest absolute Gasteiger partial charge is 0.490 e. The average Bonchev–Trinajstić information content (AvgIpc) is 2.85. The molecule has 2 N–H and O–H groups in total. The van der Waals surface area contributed by atoms with Gasteiger partial charge in [-0.15, -0.1) is 0 Å². The van der Waals surface area contributed by atoms with Gasteiger partial charge in [0.25, 0.3) is 0 Å². The minimum Gasteiger partial charge on any atom is -0.490 e. The second kappa shape index (κ2) is 6.99. The van der Waals surface area contributed by atoms with Gasteiger partial charge in [0.15, 0.2) is 5.75 Å². The lowest BCUT2D eigenvalue weighted by molar-refractivity contribution is -0.114. The zero-order chi connectivity index (χ0) is 15.2. The van der Waals surface area contributed by atoms with E-state index in [1.54, 1.807) is 31.2 Å². The molecule has 1 aromatic carbocycles. The summed E-state index contributed by atoms with van der Waals surface area (Å²) in [6, 6.07) is 6.95. The van der Waals surface area contributed by atoms with Crippen LogP contribution in [0.1, 0.15) is 12.6 Å². The molecule has 0 fully saturated rings. The molecule has 6 nitrogen and oxygen atoms in total. The standard InChI is InChI=1S/C14H16ClN3O3/c1-3-20-14-10(15)5-4-6-11(14)16-8-12(19)17-13-7-9(2)18-21-13/h4-7,16H,3,8H2,1-2H3,(H,17,19). The molecular weight excluding hydrogens is 294 g/mol. The highest BCUT2D eigenvalue weighted by Gasteiger charge is 2.10. The zero-order valence-electron chi connectivity index (χ0n) is 11.8. The van der Waals surface area contributed by atoms with Crippen molar-refractivity contribution in [2.45, 2.75) is 13.8 Å². The van der Waals surface area contributed by atoms with Gasteiger partial charge >= 0.3 is 0 Å². The van der Waals surface area contributed by atoms with E-state index in [1.165, 1.54) is 0 Å². The van der Waals surface area contributed by atoms with Crippen LogP contribution in [-0.4, -0.2) is 24.2 Å². The van der Waals surface area contributed by atoms with E-state index in [-0.39, 0.29) is 12.5 Å². The predicted octanol–water partition coefficient (Wildman–Crippen LogP) is 3.09. The number of nitrogens with zero attached hydrogens (tertiary/aromatic N) is 1. The summed E-state index contributed by atoms with van der Waals surface area (Å²) in [5.74, 6) is 0.592. The number of aryl methyl sites for hydroxylation is 1. The topological polar surface area (TPSA) is 76.4 Å². The maximum atomic E-state index is 11.8. The molecule has 7 heteroatoms. The number of para-hydroxylation sites is 1. The molecule has 0 bridgehead atoms. The number of hydrogen-bond acceptors (Lipinski definition) is 5. The van der Waals surface area contributed by atoms with E-state index in [4.69, 9.17) is 20.9 Å². The second-order valence-corrected chi connectivity index (χ2v) is 4.69. The molecule has 1 heterocycles.